The molecule has 5 rings (SSSR count). The van der Waals surface area contributed by atoms with Crippen LogP contribution >= 0.6 is 0 Å². The second kappa shape index (κ2) is 29.8. The highest BCUT2D eigenvalue weighted by atomic mass is 16.6. The average Bonchev–Trinajstić information content (AvgIpc) is 3.39. The molecule has 0 aromatic heterocycles. The van der Waals surface area contributed by atoms with Crippen molar-refractivity contribution in [3.05, 3.63) is 209 Å². The Morgan fingerprint density at radius 2 is 0.589 bits per heavy atom. The van der Waals surface area contributed by atoms with Gasteiger partial charge in [-0.3, -0.25) is 0 Å². The van der Waals surface area contributed by atoms with Crippen LogP contribution in [0.2, 0.25) is 0 Å². The van der Waals surface area contributed by atoms with Gasteiger partial charge in [0, 0.05) is 45.3 Å². The molecule has 0 amide bonds. The molecule has 0 saturated carbocycles. The summed E-state index contributed by atoms with van der Waals surface area (Å²) in [5, 5.41) is 0. The van der Waals surface area contributed by atoms with E-state index in [0.717, 1.165) is 56.0 Å². The smallest absolute Gasteiger partial charge is 0.333 e. The SMILES string of the molecule is C=C(C)C(=O)OCCOCc1ccc(C(Cc2ccc(N(c3ccc(COCCOC(=O)C(=C)C)cc3)c3ccc(COCCOC(=O)C(=C)C)cc3)cc2)c2ccc(COCCOC(=O)C(=C)C)cc2)cc1. The summed E-state index contributed by atoms with van der Waals surface area (Å²) in [6.07, 6.45) is 0.705. The molecule has 73 heavy (non-hydrogen) atoms. The van der Waals surface area contributed by atoms with Crippen molar-refractivity contribution >= 4 is 40.9 Å². The summed E-state index contributed by atoms with van der Waals surface area (Å²) in [6.45, 7) is 23.9. The summed E-state index contributed by atoms with van der Waals surface area (Å²) in [6, 6.07) is 41.6. The summed E-state index contributed by atoms with van der Waals surface area (Å²) in [5.41, 5.74) is 11.5. The first-order valence-corrected chi connectivity index (χ1v) is 24.0. The molecular formula is C60H67NO12. The molecule has 384 valence electrons. The minimum Gasteiger partial charge on any atom is -0.460 e. The van der Waals surface area contributed by atoms with E-state index in [1.54, 1.807) is 27.7 Å². The lowest BCUT2D eigenvalue weighted by atomic mass is 9.85. The molecule has 0 bridgehead atoms. The van der Waals surface area contributed by atoms with Gasteiger partial charge in [0.15, 0.2) is 0 Å². The summed E-state index contributed by atoms with van der Waals surface area (Å²) >= 11 is 0. The molecule has 0 N–H and O–H groups in total. The van der Waals surface area contributed by atoms with Crippen molar-refractivity contribution in [2.24, 2.45) is 0 Å². The van der Waals surface area contributed by atoms with Crippen molar-refractivity contribution in [1.29, 1.82) is 0 Å². The Morgan fingerprint density at radius 1 is 0.356 bits per heavy atom. The molecule has 13 nitrogen and oxygen atoms in total. The lowest BCUT2D eigenvalue weighted by molar-refractivity contribution is -0.141. The number of rotatable bonds is 31. The minimum absolute atomic E-state index is 0.00386. The Kier molecular flexibility index (Phi) is 23.1. The molecule has 0 spiro atoms. The van der Waals surface area contributed by atoms with Gasteiger partial charge in [-0.25, -0.2) is 19.2 Å². The van der Waals surface area contributed by atoms with E-state index in [1.807, 2.05) is 48.5 Å². The zero-order chi connectivity index (χ0) is 52.5. The maximum absolute atomic E-state index is 11.7. The first-order chi connectivity index (χ1) is 35.2. The summed E-state index contributed by atoms with van der Waals surface area (Å²) in [7, 11) is 0. The molecule has 5 aromatic carbocycles. The number of anilines is 3. The van der Waals surface area contributed by atoms with E-state index in [-0.39, 0.29) is 58.8 Å². The van der Waals surface area contributed by atoms with Gasteiger partial charge in [0.05, 0.1) is 52.9 Å². The predicted molar refractivity (Wildman–Crippen MR) is 281 cm³/mol. The Morgan fingerprint density at radius 3 is 0.836 bits per heavy atom. The highest BCUT2D eigenvalue weighted by Crippen LogP contribution is 2.36. The van der Waals surface area contributed by atoms with Gasteiger partial charge in [0.1, 0.15) is 26.4 Å². The highest BCUT2D eigenvalue weighted by molar-refractivity contribution is 5.88. The van der Waals surface area contributed by atoms with Crippen LogP contribution in [0, 0.1) is 0 Å². The molecule has 0 radical (unpaired) electrons. The lowest BCUT2D eigenvalue weighted by Crippen LogP contribution is -2.12. The molecule has 5 aromatic rings. The van der Waals surface area contributed by atoms with Crippen LogP contribution < -0.4 is 4.90 Å². The van der Waals surface area contributed by atoms with Crippen LogP contribution in [0.1, 0.15) is 72.6 Å². The molecule has 0 unspecified atom stereocenters. The molecule has 0 saturated heterocycles. The van der Waals surface area contributed by atoms with E-state index in [1.165, 1.54) is 0 Å². The molecule has 0 fully saturated rings. The molecule has 13 heteroatoms. The van der Waals surface area contributed by atoms with Crippen molar-refractivity contribution in [2.45, 2.75) is 66.5 Å². The Hall–Kier alpha value is -7.42. The lowest BCUT2D eigenvalue weighted by Gasteiger charge is -2.26. The predicted octanol–water partition coefficient (Wildman–Crippen LogP) is 11.1. The van der Waals surface area contributed by atoms with E-state index < -0.39 is 23.9 Å². The quantitative estimate of drug-likeness (QED) is 0.0180. The first kappa shape index (κ1) is 56.5. The third kappa shape index (κ3) is 19.3. The van der Waals surface area contributed by atoms with Crippen LogP contribution in [-0.2, 0) is 89.9 Å². The highest BCUT2D eigenvalue weighted by Gasteiger charge is 2.18. The van der Waals surface area contributed by atoms with Gasteiger partial charge < -0.3 is 42.8 Å². The van der Waals surface area contributed by atoms with Gasteiger partial charge in [-0.2, -0.15) is 0 Å². The van der Waals surface area contributed by atoms with Crippen LogP contribution in [0.4, 0.5) is 17.1 Å². The van der Waals surface area contributed by atoms with Gasteiger partial charge in [0.2, 0.25) is 0 Å². The second-order valence-electron chi connectivity index (χ2n) is 17.4. The Labute approximate surface area is 429 Å². The normalized spacial score (nSPS) is 10.9. The van der Waals surface area contributed by atoms with E-state index >= 15 is 0 Å². The number of nitrogens with zero attached hydrogens (tertiary/aromatic N) is 1. The number of carbonyl (C=O) groups excluding carboxylic acids is 4. The maximum Gasteiger partial charge on any atom is 0.333 e. The number of hydrogen-bond donors (Lipinski definition) is 0. The van der Waals surface area contributed by atoms with E-state index in [9.17, 15) is 19.2 Å². The number of benzene rings is 5. The zero-order valence-corrected chi connectivity index (χ0v) is 42.5. The third-order valence-electron chi connectivity index (χ3n) is 11.1. The molecule has 0 aliphatic carbocycles. The second-order valence-corrected chi connectivity index (χ2v) is 17.4. The van der Waals surface area contributed by atoms with Gasteiger partial charge in [-0.1, -0.05) is 111 Å². The van der Waals surface area contributed by atoms with Gasteiger partial charge in [-0.15, -0.1) is 0 Å². The summed E-state index contributed by atoms with van der Waals surface area (Å²) < 4.78 is 43.8. The zero-order valence-electron chi connectivity index (χ0n) is 42.5. The van der Waals surface area contributed by atoms with Crippen LogP contribution in [0.3, 0.4) is 0 Å². The van der Waals surface area contributed by atoms with E-state index in [2.05, 4.69) is 104 Å². The minimum atomic E-state index is -0.443. The van der Waals surface area contributed by atoms with Crippen molar-refractivity contribution in [1.82, 2.24) is 0 Å². The molecule has 0 atom stereocenters. The van der Waals surface area contributed by atoms with Crippen molar-refractivity contribution in [3.8, 4) is 0 Å². The van der Waals surface area contributed by atoms with Gasteiger partial charge >= 0.3 is 23.9 Å². The monoisotopic (exact) mass is 993 g/mol. The average molecular weight is 994 g/mol. The fraction of sp³-hybridized carbons (Fsp3) is 0.300. The fourth-order valence-corrected chi connectivity index (χ4v) is 7.09. The number of esters is 4. The number of ether oxygens (including phenoxy) is 8. The van der Waals surface area contributed by atoms with Crippen molar-refractivity contribution < 1.29 is 57.1 Å². The van der Waals surface area contributed by atoms with E-state index in [0.29, 0.717) is 55.1 Å². The van der Waals surface area contributed by atoms with Crippen molar-refractivity contribution in [3.63, 3.8) is 0 Å². The molecular weight excluding hydrogens is 927 g/mol. The molecule has 0 aliphatic heterocycles. The standard InChI is InChI=1S/C60H67NO12/c1-42(2)57(62)70-33-29-66-38-47-9-19-51(20-10-47)56(52-21-11-48(12-22-52)39-67-30-34-71-58(63)43(3)4)37-46-13-23-53(24-14-46)61(54-25-15-49(16-26-54)40-68-31-35-72-59(64)44(5)6)55-27-17-50(18-28-55)41-69-32-36-73-60(65)45(7)8/h9-28,56H,1,3,5,7,29-41H2,2,4,6,8H3. The van der Waals surface area contributed by atoms with E-state index in [4.69, 9.17) is 37.9 Å². The van der Waals surface area contributed by atoms with Crippen LogP contribution in [0.5, 0.6) is 0 Å². The molecule has 0 heterocycles. The number of hydrogen-bond acceptors (Lipinski definition) is 13. The number of carbonyl (C=O) groups is 4. The Bertz CT molecular complexity index is 2460. The van der Waals surface area contributed by atoms with Gasteiger partial charge in [-0.05, 0) is 109 Å². The fourth-order valence-electron chi connectivity index (χ4n) is 7.09. The van der Waals surface area contributed by atoms with Crippen LogP contribution in [-0.4, -0.2) is 76.7 Å². The first-order valence-electron chi connectivity index (χ1n) is 24.0. The molecule has 0 aliphatic rings. The largest absolute Gasteiger partial charge is 0.460 e. The summed E-state index contributed by atoms with van der Waals surface area (Å²) in [4.78, 5) is 49.1. The van der Waals surface area contributed by atoms with Crippen molar-refractivity contribution in [2.75, 3.05) is 57.8 Å². The topological polar surface area (TPSA) is 145 Å². The van der Waals surface area contributed by atoms with Gasteiger partial charge in [0.25, 0.3) is 0 Å². The van der Waals surface area contributed by atoms with Crippen LogP contribution in [0.25, 0.3) is 0 Å². The third-order valence-corrected chi connectivity index (χ3v) is 11.1. The Balaban J connectivity index is 1.34. The maximum atomic E-state index is 11.7. The van der Waals surface area contributed by atoms with Crippen LogP contribution in [0.15, 0.2) is 170 Å². The summed E-state index contributed by atoms with van der Waals surface area (Å²) in [5.74, 6) is -1.77.